The number of anilines is 2. The summed E-state index contributed by atoms with van der Waals surface area (Å²) in [4.78, 5) is 12.0. The number of aromatic nitrogens is 3. The monoisotopic (exact) mass is 285 g/mol. The molecule has 0 aliphatic carbocycles. The molecule has 104 valence electrons. The lowest BCUT2D eigenvalue weighted by Crippen LogP contribution is -1.97. The Morgan fingerprint density at radius 2 is 1.82 bits per heavy atom. The topological polar surface area (TPSA) is 77.4 Å². The zero-order valence-electron chi connectivity index (χ0n) is 11.5. The lowest BCUT2D eigenvalue weighted by molar-refractivity contribution is 1.21. The summed E-state index contributed by atoms with van der Waals surface area (Å²) >= 11 is 0. The number of nitrogens with one attached hydrogen (secondary N) is 2. The molecule has 0 amide bonds. The zero-order valence-corrected chi connectivity index (χ0v) is 11.5. The van der Waals surface area contributed by atoms with Crippen molar-refractivity contribution in [3.05, 3.63) is 60.4 Å². The zero-order chi connectivity index (χ0) is 14.9. The van der Waals surface area contributed by atoms with Gasteiger partial charge in [-0.25, -0.2) is 9.97 Å². The van der Waals surface area contributed by atoms with E-state index in [1.807, 2.05) is 42.5 Å². The van der Waals surface area contributed by atoms with E-state index in [9.17, 15) is 5.26 Å². The van der Waals surface area contributed by atoms with Crippen LogP contribution in [0.15, 0.2) is 54.9 Å². The first kappa shape index (κ1) is 12.4. The average Bonchev–Trinajstić information content (AvgIpc) is 2.95. The second kappa shape index (κ2) is 4.86. The van der Waals surface area contributed by atoms with Crippen LogP contribution in [0.4, 0.5) is 11.5 Å². The molecule has 0 bridgehead atoms. The van der Waals surface area contributed by atoms with E-state index in [4.69, 9.17) is 0 Å². The second-order valence-electron chi connectivity index (χ2n) is 4.90. The van der Waals surface area contributed by atoms with Crippen LogP contribution in [0.25, 0.3) is 21.9 Å². The first-order valence-corrected chi connectivity index (χ1v) is 6.84. The Morgan fingerprint density at radius 1 is 1.00 bits per heavy atom. The summed E-state index contributed by atoms with van der Waals surface area (Å²) in [5.74, 6) is 0.656. The van der Waals surface area contributed by atoms with Gasteiger partial charge in [0.15, 0.2) is 5.82 Å². The number of nitrogens with zero attached hydrogens (tertiary/aromatic N) is 3. The molecule has 22 heavy (non-hydrogen) atoms. The number of nitriles is 1. The Labute approximate surface area is 126 Å². The lowest BCUT2D eigenvalue weighted by atomic mass is 10.2. The third kappa shape index (κ3) is 1.86. The maximum atomic E-state index is 9.19. The highest BCUT2D eigenvalue weighted by atomic mass is 15.0. The molecular weight excluding hydrogens is 274 g/mol. The Hall–Kier alpha value is -3.39. The van der Waals surface area contributed by atoms with Gasteiger partial charge in [0.2, 0.25) is 0 Å². The molecular formula is C17H11N5. The van der Waals surface area contributed by atoms with Crippen LogP contribution < -0.4 is 5.32 Å². The van der Waals surface area contributed by atoms with Gasteiger partial charge in [-0.3, -0.25) is 0 Å². The molecule has 5 heteroatoms. The largest absolute Gasteiger partial charge is 0.350 e. The molecule has 0 aliphatic heterocycles. The number of fused-ring (bicyclic) bond motifs is 3. The normalized spacial score (nSPS) is 10.7. The molecule has 2 heterocycles. The summed E-state index contributed by atoms with van der Waals surface area (Å²) in [5.41, 5.74) is 4.00. The van der Waals surface area contributed by atoms with Gasteiger partial charge in [0, 0.05) is 10.9 Å². The number of hydrogen-bond acceptors (Lipinski definition) is 4. The van der Waals surface area contributed by atoms with Crippen LogP contribution >= 0.6 is 0 Å². The molecule has 2 N–H and O–H groups in total. The van der Waals surface area contributed by atoms with Crippen molar-refractivity contribution in [1.29, 1.82) is 5.26 Å². The fraction of sp³-hybridized carbons (Fsp3) is 0. The van der Waals surface area contributed by atoms with E-state index in [2.05, 4.69) is 26.3 Å². The molecule has 0 atom stereocenters. The molecule has 0 radical (unpaired) electrons. The van der Waals surface area contributed by atoms with Gasteiger partial charge >= 0.3 is 0 Å². The molecule has 0 spiro atoms. The van der Waals surface area contributed by atoms with E-state index in [1.54, 1.807) is 6.07 Å². The van der Waals surface area contributed by atoms with Crippen molar-refractivity contribution in [3.8, 4) is 6.07 Å². The smallest absolute Gasteiger partial charge is 0.158 e. The molecule has 4 rings (SSSR count). The van der Waals surface area contributed by atoms with E-state index >= 15 is 0 Å². The minimum Gasteiger partial charge on any atom is -0.350 e. The number of H-pyrrole nitrogens is 1. The number of aromatic amines is 1. The molecule has 5 nitrogen and oxygen atoms in total. The number of rotatable bonds is 2. The molecule has 2 aromatic carbocycles. The van der Waals surface area contributed by atoms with Crippen LogP contribution in [0.2, 0.25) is 0 Å². The standard InChI is InChI=1S/C17H11N5/c18-9-11-5-1-3-7-13(11)22-17-16-15(19-10-20-17)12-6-2-4-8-14(12)21-16/h1-8,10,21H,(H,19,20,22). The van der Waals surface area contributed by atoms with Crippen molar-refractivity contribution in [2.45, 2.75) is 0 Å². The van der Waals surface area contributed by atoms with Gasteiger partial charge in [0.25, 0.3) is 0 Å². The third-order valence-electron chi connectivity index (χ3n) is 3.59. The Morgan fingerprint density at radius 3 is 2.73 bits per heavy atom. The summed E-state index contributed by atoms with van der Waals surface area (Å²) in [6.07, 6.45) is 1.53. The highest BCUT2D eigenvalue weighted by Gasteiger charge is 2.11. The minimum absolute atomic E-state index is 0.574. The maximum absolute atomic E-state index is 9.19. The van der Waals surface area contributed by atoms with Crippen LogP contribution in [-0.4, -0.2) is 15.0 Å². The van der Waals surface area contributed by atoms with E-state index in [1.165, 1.54) is 6.33 Å². The number of para-hydroxylation sites is 2. The third-order valence-corrected chi connectivity index (χ3v) is 3.59. The average molecular weight is 285 g/mol. The molecule has 0 saturated heterocycles. The number of benzene rings is 2. The van der Waals surface area contributed by atoms with Crippen molar-refractivity contribution in [2.24, 2.45) is 0 Å². The highest BCUT2D eigenvalue weighted by Crippen LogP contribution is 2.29. The van der Waals surface area contributed by atoms with Gasteiger partial charge < -0.3 is 10.3 Å². The summed E-state index contributed by atoms with van der Waals surface area (Å²) in [5, 5.41) is 13.5. The van der Waals surface area contributed by atoms with Gasteiger partial charge in [-0.2, -0.15) is 5.26 Å². The summed E-state index contributed by atoms with van der Waals surface area (Å²) in [6.45, 7) is 0. The molecule has 4 aromatic rings. The van der Waals surface area contributed by atoms with E-state index in [0.717, 1.165) is 27.6 Å². The maximum Gasteiger partial charge on any atom is 0.158 e. The van der Waals surface area contributed by atoms with Gasteiger partial charge in [-0.05, 0) is 18.2 Å². The molecule has 0 aliphatic rings. The first-order valence-electron chi connectivity index (χ1n) is 6.84. The van der Waals surface area contributed by atoms with Crippen LogP contribution in [0.1, 0.15) is 5.56 Å². The van der Waals surface area contributed by atoms with E-state index in [-0.39, 0.29) is 0 Å². The van der Waals surface area contributed by atoms with Crippen molar-refractivity contribution in [1.82, 2.24) is 15.0 Å². The fourth-order valence-electron chi connectivity index (χ4n) is 2.55. The first-order chi connectivity index (χ1) is 10.9. The Balaban J connectivity index is 1.91. The van der Waals surface area contributed by atoms with Crippen molar-refractivity contribution >= 4 is 33.4 Å². The minimum atomic E-state index is 0.574. The van der Waals surface area contributed by atoms with E-state index in [0.29, 0.717) is 11.4 Å². The van der Waals surface area contributed by atoms with Crippen LogP contribution in [0, 0.1) is 11.3 Å². The summed E-state index contributed by atoms with van der Waals surface area (Å²) in [7, 11) is 0. The second-order valence-corrected chi connectivity index (χ2v) is 4.90. The fourth-order valence-corrected chi connectivity index (χ4v) is 2.55. The Bertz CT molecular complexity index is 1030. The molecule has 0 unspecified atom stereocenters. The lowest BCUT2D eigenvalue weighted by Gasteiger charge is -2.07. The molecule has 0 fully saturated rings. The SMILES string of the molecule is N#Cc1ccccc1Nc1ncnc2c1[nH]c1ccccc12. The molecule has 0 saturated carbocycles. The summed E-state index contributed by atoms with van der Waals surface area (Å²) in [6, 6.07) is 17.5. The van der Waals surface area contributed by atoms with Crippen LogP contribution in [0.3, 0.4) is 0 Å². The van der Waals surface area contributed by atoms with Gasteiger partial charge in [0.05, 0.1) is 11.3 Å². The van der Waals surface area contributed by atoms with Gasteiger partial charge in [0.1, 0.15) is 23.4 Å². The molecule has 2 aromatic heterocycles. The van der Waals surface area contributed by atoms with Crippen molar-refractivity contribution < 1.29 is 0 Å². The number of hydrogen-bond donors (Lipinski definition) is 2. The summed E-state index contributed by atoms with van der Waals surface area (Å²) < 4.78 is 0. The van der Waals surface area contributed by atoms with Gasteiger partial charge in [-0.1, -0.05) is 30.3 Å². The van der Waals surface area contributed by atoms with Crippen LogP contribution in [-0.2, 0) is 0 Å². The van der Waals surface area contributed by atoms with Crippen LogP contribution in [0.5, 0.6) is 0 Å². The van der Waals surface area contributed by atoms with Gasteiger partial charge in [-0.15, -0.1) is 0 Å². The predicted octanol–water partition coefficient (Wildman–Crippen LogP) is 3.73. The quantitative estimate of drug-likeness (QED) is 0.588. The van der Waals surface area contributed by atoms with E-state index < -0.39 is 0 Å². The van der Waals surface area contributed by atoms with Crippen molar-refractivity contribution in [3.63, 3.8) is 0 Å². The van der Waals surface area contributed by atoms with Crippen molar-refractivity contribution in [2.75, 3.05) is 5.32 Å². The highest BCUT2D eigenvalue weighted by molar-refractivity contribution is 6.08. The Kier molecular flexibility index (Phi) is 2.73. The predicted molar refractivity (Wildman–Crippen MR) is 85.8 cm³/mol.